The first kappa shape index (κ1) is 15.3. The molecule has 0 radical (unpaired) electrons. The summed E-state index contributed by atoms with van der Waals surface area (Å²) in [7, 11) is -3.00. The predicted molar refractivity (Wildman–Crippen MR) is 80.0 cm³/mol. The van der Waals surface area contributed by atoms with Crippen LogP contribution in [0.2, 0.25) is 0 Å². The summed E-state index contributed by atoms with van der Waals surface area (Å²) in [6.45, 7) is 4.38. The number of Topliss-reactive ketones (excluding diaryl/α,β-unsaturated/α-hetero) is 1. The first-order valence-corrected chi connectivity index (χ1v) is 9.17. The zero-order chi connectivity index (χ0) is 14.8. The smallest absolute Gasteiger partial charge is 0.176 e. The Morgan fingerprint density at radius 1 is 1.40 bits per heavy atom. The van der Waals surface area contributed by atoms with E-state index in [0.29, 0.717) is 5.69 Å². The highest BCUT2D eigenvalue weighted by atomic mass is 32.2. The van der Waals surface area contributed by atoms with Crippen molar-refractivity contribution >= 4 is 15.6 Å². The minimum atomic E-state index is -3.00. The summed E-state index contributed by atoms with van der Waals surface area (Å²) < 4.78 is 26.3. The lowest BCUT2D eigenvalue weighted by Crippen LogP contribution is -2.24. The van der Waals surface area contributed by atoms with Crippen LogP contribution in [0.5, 0.6) is 0 Å². The Kier molecular flexibility index (Phi) is 4.68. The van der Waals surface area contributed by atoms with Crippen molar-refractivity contribution in [2.45, 2.75) is 52.0 Å². The number of aromatic nitrogens is 1. The molecule has 1 aromatic heterocycles. The molecule has 0 N–H and O–H groups in total. The minimum absolute atomic E-state index is 0.0405. The molecule has 1 aliphatic heterocycles. The number of carbonyl (C=O) groups excluding carboxylic acids is 1. The zero-order valence-corrected chi connectivity index (χ0v) is 13.1. The lowest BCUT2D eigenvalue weighted by atomic mass is 9.98. The van der Waals surface area contributed by atoms with Crippen molar-refractivity contribution in [1.82, 2.24) is 4.57 Å². The van der Waals surface area contributed by atoms with Gasteiger partial charge in [0.2, 0.25) is 0 Å². The van der Waals surface area contributed by atoms with Gasteiger partial charge in [-0.05, 0) is 31.4 Å². The van der Waals surface area contributed by atoms with Crippen LogP contribution in [0.3, 0.4) is 0 Å². The third-order valence-electron chi connectivity index (χ3n) is 3.99. The van der Waals surface area contributed by atoms with E-state index in [2.05, 4.69) is 0 Å². The number of fused-ring (bicyclic) bond motifs is 1. The van der Waals surface area contributed by atoms with Crippen molar-refractivity contribution in [3.8, 4) is 0 Å². The summed E-state index contributed by atoms with van der Waals surface area (Å²) in [6.07, 6.45) is 3.46. The van der Waals surface area contributed by atoms with Crippen LogP contribution in [-0.2, 0) is 16.4 Å². The van der Waals surface area contributed by atoms with E-state index in [-0.39, 0.29) is 23.2 Å². The first-order valence-electron chi connectivity index (χ1n) is 7.35. The van der Waals surface area contributed by atoms with Crippen LogP contribution in [0.15, 0.2) is 12.1 Å². The number of hydrogen-bond acceptors (Lipinski definition) is 3. The average molecular weight is 297 g/mol. The highest BCUT2D eigenvalue weighted by Crippen LogP contribution is 2.31. The lowest BCUT2D eigenvalue weighted by Gasteiger charge is -2.25. The van der Waals surface area contributed by atoms with Gasteiger partial charge in [-0.3, -0.25) is 4.79 Å². The summed E-state index contributed by atoms with van der Waals surface area (Å²) >= 11 is 0. The van der Waals surface area contributed by atoms with Gasteiger partial charge in [0.1, 0.15) is 0 Å². The molecule has 1 unspecified atom stereocenters. The van der Waals surface area contributed by atoms with Gasteiger partial charge in [-0.15, -0.1) is 0 Å². The van der Waals surface area contributed by atoms with Crippen molar-refractivity contribution < 1.29 is 13.2 Å². The van der Waals surface area contributed by atoms with Gasteiger partial charge in [0.25, 0.3) is 0 Å². The molecule has 0 fully saturated rings. The second-order valence-corrected chi connectivity index (χ2v) is 7.89. The summed E-state index contributed by atoms with van der Waals surface area (Å²) in [6, 6.07) is 3.75. The molecular weight excluding hydrogens is 274 g/mol. The number of unbranched alkanes of at least 4 members (excludes halogenated alkanes) is 1. The molecule has 1 aliphatic rings. The highest BCUT2D eigenvalue weighted by Gasteiger charge is 2.27. The van der Waals surface area contributed by atoms with Crippen molar-refractivity contribution in [1.29, 1.82) is 0 Å². The molecule has 0 saturated carbocycles. The molecule has 112 valence electrons. The van der Waals surface area contributed by atoms with Crippen LogP contribution in [0.4, 0.5) is 0 Å². The maximum absolute atomic E-state index is 12.1. The van der Waals surface area contributed by atoms with Crippen molar-refractivity contribution in [3.05, 3.63) is 23.5 Å². The molecule has 20 heavy (non-hydrogen) atoms. The molecule has 0 saturated heterocycles. The quantitative estimate of drug-likeness (QED) is 0.759. The lowest BCUT2D eigenvalue weighted by molar-refractivity contribution is 0.100. The molecule has 2 rings (SSSR count). The molecule has 0 bridgehead atoms. The Balaban J connectivity index is 2.19. The van der Waals surface area contributed by atoms with Crippen LogP contribution in [0.1, 0.15) is 61.6 Å². The molecule has 4 nitrogen and oxygen atoms in total. The van der Waals surface area contributed by atoms with Gasteiger partial charge < -0.3 is 4.57 Å². The second-order valence-electron chi connectivity index (χ2n) is 5.66. The van der Waals surface area contributed by atoms with Gasteiger partial charge in [-0.25, -0.2) is 8.42 Å². The molecular formula is C15H23NO3S. The Morgan fingerprint density at radius 3 is 2.80 bits per heavy atom. The van der Waals surface area contributed by atoms with E-state index in [9.17, 15) is 13.2 Å². The number of carbonyl (C=O) groups is 1. The van der Waals surface area contributed by atoms with E-state index in [1.165, 1.54) is 0 Å². The summed E-state index contributed by atoms with van der Waals surface area (Å²) in [5.74, 6) is 0.582. The summed E-state index contributed by atoms with van der Waals surface area (Å²) in [5, 5.41) is 0. The largest absolute Gasteiger partial charge is 0.342 e. The number of ketones is 1. The van der Waals surface area contributed by atoms with E-state index in [1.54, 1.807) is 6.92 Å². The van der Waals surface area contributed by atoms with E-state index in [0.717, 1.165) is 37.9 Å². The zero-order valence-electron chi connectivity index (χ0n) is 12.3. The second kappa shape index (κ2) is 6.12. The van der Waals surface area contributed by atoms with Gasteiger partial charge in [-0.1, -0.05) is 13.3 Å². The minimum Gasteiger partial charge on any atom is -0.342 e. The van der Waals surface area contributed by atoms with Crippen LogP contribution in [0, 0.1) is 0 Å². The number of nitrogens with zero attached hydrogens (tertiary/aromatic N) is 1. The van der Waals surface area contributed by atoms with E-state index in [4.69, 9.17) is 0 Å². The SMILES string of the molecule is CCCCS(=O)(=O)CC1CCCn2c(C(C)=O)ccc21. The van der Waals surface area contributed by atoms with E-state index >= 15 is 0 Å². The fourth-order valence-electron chi connectivity index (χ4n) is 2.96. The van der Waals surface area contributed by atoms with Gasteiger partial charge >= 0.3 is 0 Å². The maximum atomic E-state index is 12.1. The predicted octanol–water partition coefficient (Wildman–Crippen LogP) is 2.78. The van der Waals surface area contributed by atoms with E-state index in [1.807, 2.05) is 23.6 Å². The highest BCUT2D eigenvalue weighted by molar-refractivity contribution is 7.91. The number of hydrogen-bond donors (Lipinski definition) is 0. The van der Waals surface area contributed by atoms with Crippen LogP contribution >= 0.6 is 0 Å². The van der Waals surface area contributed by atoms with Crippen LogP contribution in [0.25, 0.3) is 0 Å². The van der Waals surface area contributed by atoms with Gasteiger partial charge in [-0.2, -0.15) is 0 Å². The van der Waals surface area contributed by atoms with Crippen LogP contribution in [-0.4, -0.2) is 30.3 Å². The van der Waals surface area contributed by atoms with Gasteiger partial charge in [0.05, 0.1) is 17.2 Å². The third-order valence-corrected chi connectivity index (χ3v) is 5.81. The van der Waals surface area contributed by atoms with Crippen LogP contribution < -0.4 is 0 Å². The summed E-state index contributed by atoms with van der Waals surface area (Å²) in [4.78, 5) is 11.6. The Hall–Kier alpha value is -1.10. The maximum Gasteiger partial charge on any atom is 0.176 e. The first-order chi connectivity index (χ1) is 9.44. The number of rotatable bonds is 6. The Labute approximate surface area is 121 Å². The molecule has 5 heteroatoms. The Bertz CT molecular complexity index is 586. The van der Waals surface area contributed by atoms with Crippen molar-refractivity contribution in [2.24, 2.45) is 0 Å². The molecule has 1 atom stereocenters. The Morgan fingerprint density at radius 2 is 2.15 bits per heavy atom. The fourth-order valence-corrected chi connectivity index (χ4v) is 4.81. The van der Waals surface area contributed by atoms with Crippen molar-refractivity contribution in [2.75, 3.05) is 11.5 Å². The normalized spacial score (nSPS) is 18.8. The van der Waals surface area contributed by atoms with Gasteiger partial charge in [0, 0.05) is 25.1 Å². The molecule has 2 heterocycles. The molecule has 0 spiro atoms. The molecule has 1 aromatic rings. The molecule has 0 amide bonds. The standard InChI is InChI=1S/C15H23NO3S/c1-3-4-10-20(18,19)11-13-6-5-9-16-14(12(2)17)7-8-15(13)16/h7-8,13H,3-6,9-11H2,1-2H3. The molecule has 0 aliphatic carbocycles. The number of sulfone groups is 1. The van der Waals surface area contributed by atoms with Crippen molar-refractivity contribution in [3.63, 3.8) is 0 Å². The third kappa shape index (κ3) is 3.32. The fraction of sp³-hybridized carbons (Fsp3) is 0.667. The summed E-state index contributed by atoms with van der Waals surface area (Å²) in [5.41, 5.74) is 1.72. The monoisotopic (exact) mass is 297 g/mol. The topological polar surface area (TPSA) is 56.1 Å². The van der Waals surface area contributed by atoms with Gasteiger partial charge in [0.15, 0.2) is 15.6 Å². The molecule has 0 aromatic carbocycles. The van der Waals surface area contributed by atoms with E-state index < -0.39 is 9.84 Å². The average Bonchev–Trinajstić information content (AvgIpc) is 2.81.